The van der Waals surface area contributed by atoms with Gasteiger partial charge in [-0.1, -0.05) is 19.9 Å². The molecule has 1 heterocycles. The molecule has 2 atom stereocenters. The van der Waals surface area contributed by atoms with Crippen molar-refractivity contribution in [3.05, 3.63) is 24.3 Å². The molecule has 7 nitrogen and oxygen atoms in total. The fourth-order valence-corrected chi connectivity index (χ4v) is 2.95. The molecule has 2 amide bonds. The van der Waals surface area contributed by atoms with E-state index in [0.717, 1.165) is 30.9 Å². The monoisotopic (exact) mass is 362 g/mol. The van der Waals surface area contributed by atoms with E-state index in [9.17, 15) is 9.59 Å². The first-order chi connectivity index (χ1) is 12.4. The Kier molecular flexibility index (Phi) is 7.26. The van der Waals surface area contributed by atoms with Crippen LogP contribution in [0.1, 0.15) is 20.3 Å². The molecule has 1 saturated heterocycles. The largest absolute Gasteiger partial charge is 0.497 e. The number of nitrogens with one attached hydrogen (secondary N) is 2. The zero-order valence-corrected chi connectivity index (χ0v) is 15.8. The molecule has 0 saturated carbocycles. The zero-order chi connectivity index (χ0) is 19.1. The Labute approximate surface area is 155 Å². The first kappa shape index (κ1) is 20.0. The van der Waals surface area contributed by atoms with Gasteiger partial charge in [-0.25, -0.2) is 0 Å². The fraction of sp³-hybridized carbons (Fsp3) is 0.579. The van der Waals surface area contributed by atoms with Crippen molar-refractivity contribution in [1.29, 1.82) is 0 Å². The van der Waals surface area contributed by atoms with E-state index in [-0.39, 0.29) is 24.3 Å². The van der Waals surface area contributed by atoms with E-state index in [2.05, 4.69) is 21.6 Å². The molecule has 144 valence electrons. The van der Waals surface area contributed by atoms with Crippen LogP contribution in [0, 0.1) is 11.8 Å². The molecule has 0 aromatic heterocycles. The van der Waals surface area contributed by atoms with Crippen LogP contribution < -0.4 is 26.0 Å². The average molecular weight is 362 g/mol. The van der Waals surface area contributed by atoms with Crippen LogP contribution in [0.15, 0.2) is 24.3 Å². The molecule has 0 spiro atoms. The van der Waals surface area contributed by atoms with Crippen molar-refractivity contribution in [3.63, 3.8) is 0 Å². The van der Waals surface area contributed by atoms with Crippen molar-refractivity contribution in [2.24, 2.45) is 17.6 Å². The molecule has 1 unspecified atom stereocenters. The second-order valence-electron chi connectivity index (χ2n) is 7.09. The lowest BCUT2D eigenvalue weighted by Gasteiger charge is -2.19. The summed E-state index contributed by atoms with van der Waals surface area (Å²) in [5.41, 5.74) is 6.89. The van der Waals surface area contributed by atoms with Crippen molar-refractivity contribution >= 4 is 17.5 Å². The van der Waals surface area contributed by atoms with Gasteiger partial charge in [-0.05, 0) is 30.4 Å². The van der Waals surface area contributed by atoms with E-state index in [4.69, 9.17) is 10.5 Å². The molecule has 7 heteroatoms. The summed E-state index contributed by atoms with van der Waals surface area (Å²) in [5.74, 6) is 0.793. The summed E-state index contributed by atoms with van der Waals surface area (Å²) in [6.45, 7) is 6.15. The molecule has 1 aromatic rings. The molecular weight excluding hydrogens is 332 g/mol. The van der Waals surface area contributed by atoms with E-state index >= 15 is 0 Å². The van der Waals surface area contributed by atoms with Crippen molar-refractivity contribution < 1.29 is 14.3 Å². The van der Waals surface area contributed by atoms with E-state index < -0.39 is 6.04 Å². The third-order valence-corrected chi connectivity index (χ3v) is 4.74. The minimum atomic E-state index is -0.589. The molecule has 26 heavy (non-hydrogen) atoms. The number of hydrogen-bond donors (Lipinski definition) is 3. The fourth-order valence-electron chi connectivity index (χ4n) is 2.95. The maximum atomic E-state index is 11.9. The summed E-state index contributed by atoms with van der Waals surface area (Å²) in [4.78, 5) is 26.0. The maximum Gasteiger partial charge on any atom is 0.239 e. The van der Waals surface area contributed by atoms with E-state index in [1.165, 1.54) is 0 Å². The van der Waals surface area contributed by atoms with Gasteiger partial charge in [0.15, 0.2) is 0 Å². The van der Waals surface area contributed by atoms with Crippen LogP contribution in [-0.4, -0.2) is 51.1 Å². The van der Waals surface area contributed by atoms with Crippen LogP contribution in [-0.2, 0) is 9.59 Å². The van der Waals surface area contributed by atoms with Gasteiger partial charge in [0.2, 0.25) is 11.8 Å². The van der Waals surface area contributed by atoms with Gasteiger partial charge in [0.05, 0.1) is 19.7 Å². The van der Waals surface area contributed by atoms with Crippen molar-refractivity contribution in [2.45, 2.75) is 26.3 Å². The Hall–Kier alpha value is -2.28. The number of amides is 2. The third-order valence-electron chi connectivity index (χ3n) is 4.74. The molecule has 2 rings (SSSR count). The normalized spacial score (nSPS) is 17.9. The number of methoxy groups -OCH3 is 1. The van der Waals surface area contributed by atoms with E-state index in [1.54, 1.807) is 7.11 Å². The van der Waals surface area contributed by atoms with E-state index in [1.807, 2.05) is 32.0 Å². The highest BCUT2D eigenvalue weighted by atomic mass is 16.5. The van der Waals surface area contributed by atoms with Crippen LogP contribution in [0.5, 0.6) is 5.75 Å². The second kappa shape index (κ2) is 9.43. The number of ether oxygens (including phenoxy) is 1. The number of anilines is 1. The Bertz CT molecular complexity index is 621. The predicted molar refractivity (Wildman–Crippen MR) is 102 cm³/mol. The highest BCUT2D eigenvalue weighted by molar-refractivity contribution is 5.87. The summed E-state index contributed by atoms with van der Waals surface area (Å²) >= 11 is 0. The Morgan fingerprint density at radius 2 is 2.12 bits per heavy atom. The van der Waals surface area contributed by atoms with Crippen molar-refractivity contribution in [3.8, 4) is 5.75 Å². The maximum absolute atomic E-state index is 11.9. The molecule has 1 aliphatic heterocycles. The molecular formula is C19H30N4O3. The number of hydrogen-bond acceptors (Lipinski definition) is 5. The van der Waals surface area contributed by atoms with Gasteiger partial charge in [0.1, 0.15) is 5.75 Å². The molecule has 1 fully saturated rings. The van der Waals surface area contributed by atoms with Gasteiger partial charge in [-0.3, -0.25) is 9.59 Å². The summed E-state index contributed by atoms with van der Waals surface area (Å²) in [6.07, 6.45) is 1.02. The second-order valence-corrected chi connectivity index (χ2v) is 7.09. The van der Waals surface area contributed by atoms with Crippen LogP contribution >= 0.6 is 0 Å². The Balaban J connectivity index is 1.72. The molecule has 0 aliphatic carbocycles. The molecule has 0 radical (unpaired) electrons. The lowest BCUT2D eigenvalue weighted by molar-refractivity contribution is -0.127. The van der Waals surface area contributed by atoms with Gasteiger partial charge in [0, 0.05) is 31.4 Å². The first-order valence-electron chi connectivity index (χ1n) is 9.09. The molecule has 1 aliphatic rings. The summed E-state index contributed by atoms with van der Waals surface area (Å²) in [7, 11) is 1.66. The van der Waals surface area contributed by atoms with Crippen LogP contribution in [0.25, 0.3) is 0 Å². The highest BCUT2D eigenvalue weighted by Gasteiger charge is 2.23. The minimum Gasteiger partial charge on any atom is -0.497 e. The highest BCUT2D eigenvalue weighted by Crippen LogP contribution is 2.26. The first-order valence-corrected chi connectivity index (χ1v) is 9.09. The van der Waals surface area contributed by atoms with Crippen LogP contribution in [0.3, 0.4) is 0 Å². The summed E-state index contributed by atoms with van der Waals surface area (Å²) in [6, 6.07) is 7.41. The number of carbonyl (C=O) groups excluding carboxylic acids is 2. The van der Waals surface area contributed by atoms with Crippen molar-refractivity contribution in [1.82, 2.24) is 10.6 Å². The predicted octanol–water partition coefficient (Wildman–Crippen LogP) is 0.737. The lowest BCUT2D eigenvalue weighted by atomic mass is 10.1. The summed E-state index contributed by atoms with van der Waals surface area (Å²) in [5, 5.41) is 5.48. The van der Waals surface area contributed by atoms with Gasteiger partial charge in [-0.15, -0.1) is 0 Å². The van der Waals surface area contributed by atoms with Crippen molar-refractivity contribution in [2.75, 3.05) is 38.2 Å². The number of nitrogens with zero attached hydrogens (tertiary/aromatic N) is 1. The lowest BCUT2D eigenvalue weighted by Crippen LogP contribution is -2.47. The summed E-state index contributed by atoms with van der Waals surface area (Å²) < 4.78 is 5.27. The molecule has 1 aromatic carbocycles. The van der Waals surface area contributed by atoms with Gasteiger partial charge in [-0.2, -0.15) is 0 Å². The number of rotatable bonds is 8. The number of nitrogens with two attached hydrogens (primary N) is 1. The SMILES string of the molecule is COc1cccc(N2CCC(CNC(=O)CNC(=O)[C@@H](N)C(C)C)C2)c1. The van der Waals surface area contributed by atoms with Gasteiger partial charge in [0.25, 0.3) is 0 Å². The van der Waals surface area contributed by atoms with E-state index in [0.29, 0.717) is 12.5 Å². The number of carbonyl (C=O) groups is 2. The topological polar surface area (TPSA) is 96.7 Å². The third kappa shape index (κ3) is 5.62. The van der Waals surface area contributed by atoms with Crippen LogP contribution in [0.2, 0.25) is 0 Å². The smallest absolute Gasteiger partial charge is 0.239 e. The molecule has 0 bridgehead atoms. The van der Waals surface area contributed by atoms with Gasteiger partial charge < -0.3 is 26.0 Å². The Morgan fingerprint density at radius 3 is 2.81 bits per heavy atom. The molecule has 4 N–H and O–H groups in total. The zero-order valence-electron chi connectivity index (χ0n) is 15.8. The number of benzene rings is 1. The standard InChI is InChI=1S/C19H30N4O3/c1-13(2)18(20)19(25)22-11-17(24)21-10-14-7-8-23(12-14)15-5-4-6-16(9-15)26-3/h4-6,9,13-14,18H,7-8,10-12,20H2,1-3H3,(H,21,24)(H,22,25)/t14?,18-/m0/s1. The van der Waals surface area contributed by atoms with Crippen LogP contribution in [0.4, 0.5) is 5.69 Å². The van der Waals surface area contributed by atoms with Gasteiger partial charge >= 0.3 is 0 Å². The quantitative estimate of drug-likeness (QED) is 0.634. The average Bonchev–Trinajstić information content (AvgIpc) is 3.12. The minimum absolute atomic E-state index is 0.0361. The Morgan fingerprint density at radius 1 is 1.35 bits per heavy atom.